The van der Waals surface area contributed by atoms with Crippen molar-refractivity contribution in [3.05, 3.63) is 77.2 Å². The molecule has 29 heavy (non-hydrogen) atoms. The summed E-state index contributed by atoms with van der Waals surface area (Å²) >= 11 is 0. The van der Waals surface area contributed by atoms with Gasteiger partial charge in [-0.2, -0.15) is 18.4 Å². The number of carbonyl (C=O) groups is 1. The van der Waals surface area contributed by atoms with Crippen molar-refractivity contribution in [1.82, 2.24) is 9.97 Å². The van der Waals surface area contributed by atoms with Gasteiger partial charge in [-0.3, -0.25) is 4.79 Å². The largest absolute Gasteiger partial charge is 0.418 e. The highest BCUT2D eigenvalue weighted by atomic mass is 19.4. The van der Waals surface area contributed by atoms with Gasteiger partial charge in [0.25, 0.3) is 5.91 Å². The Morgan fingerprint density at radius 1 is 1.07 bits per heavy atom. The zero-order valence-corrected chi connectivity index (χ0v) is 15.1. The molecule has 0 spiro atoms. The van der Waals surface area contributed by atoms with Gasteiger partial charge in [0.2, 0.25) is 0 Å². The minimum atomic E-state index is -4.61. The quantitative estimate of drug-likeness (QED) is 0.668. The first-order valence-corrected chi connectivity index (χ1v) is 8.37. The van der Waals surface area contributed by atoms with E-state index in [-0.39, 0.29) is 23.0 Å². The molecule has 0 saturated heterocycles. The third-order valence-electron chi connectivity index (χ3n) is 3.82. The number of aryl methyl sites for hydroxylation is 1. The number of alkyl halides is 3. The van der Waals surface area contributed by atoms with E-state index in [1.165, 1.54) is 24.3 Å². The zero-order valence-electron chi connectivity index (χ0n) is 15.1. The molecular weight excluding hydrogens is 383 g/mol. The summed E-state index contributed by atoms with van der Waals surface area (Å²) in [5.74, 6) is -0.288. The van der Waals surface area contributed by atoms with Crippen LogP contribution in [0.2, 0.25) is 0 Å². The molecule has 0 aliphatic heterocycles. The van der Waals surface area contributed by atoms with Crippen LogP contribution in [-0.4, -0.2) is 15.9 Å². The first kappa shape index (κ1) is 19.8. The zero-order chi connectivity index (χ0) is 21.0. The maximum absolute atomic E-state index is 13.1. The number of nitrogens with one attached hydrogen (secondary N) is 2. The molecule has 2 N–H and O–H groups in total. The van der Waals surface area contributed by atoms with E-state index in [1.807, 2.05) is 6.07 Å². The predicted octanol–water partition coefficient (Wildman–Crippen LogP) is 4.67. The molecule has 3 rings (SSSR count). The Labute approximate surface area is 164 Å². The van der Waals surface area contributed by atoms with Crippen molar-refractivity contribution >= 4 is 23.1 Å². The van der Waals surface area contributed by atoms with Gasteiger partial charge in [-0.05, 0) is 37.3 Å². The molecule has 1 aromatic heterocycles. The van der Waals surface area contributed by atoms with Crippen molar-refractivity contribution < 1.29 is 18.0 Å². The van der Waals surface area contributed by atoms with Gasteiger partial charge >= 0.3 is 6.18 Å². The molecule has 0 aliphatic rings. The van der Waals surface area contributed by atoms with Crippen molar-refractivity contribution in [1.29, 1.82) is 5.26 Å². The first-order valence-electron chi connectivity index (χ1n) is 8.37. The lowest BCUT2D eigenvalue weighted by Gasteiger charge is -2.14. The smallest absolute Gasteiger partial charge is 0.340 e. The van der Waals surface area contributed by atoms with Gasteiger partial charge in [0.05, 0.1) is 22.9 Å². The second-order valence-electron chi connectivity index (χ2n) is 6.00. The molecule has 2 aromatic carbocycles. The van der Waals surface area contributed by atoms with Gasteiger partial charge in [0.1, 0.15) is 17.3 Å². The van der Waals surface area contributed by atoms with Crippen LogP contribution in [0.3, 0.4) is 0 Å². The molecular formula is C20H14F3N5O. The SMILES string of the molecule is Cc1nc(Nc2cccc(C#N)c2)cc(C(=O)Nc2ccccc2C(F)(F)F)n1. The molecule has 6 nitrogen and oxygen atoms in total. The van der Waals surface area contributed by atoms with E-state index in [1.54, 1.807) is 31.2 Å². The number of halogens is 3. The van der Waals surface area contributed by atoms with Crippen molar-refractivity contribution in [2.45, 2.75) is 13.1 Å². The third kappa shape index (κ3) is 4.87. The van der Waals surface area contributed by atoms with Crippen LogP contribution in [0.15, 0.2) is 54.6 Å². The summed E-state index contributed by atoms with van der Waals surface area (Å²) < 4.78 is 39.4. The molecule has 0 saturated carbocycles. The Kier molecular flexibility index (Phi) is 5.45. The number of benzene rings is 2. The number of anilines is 3. The second kappa shape index (κ2) is 7.98. The van der Waals surface area contributed by atoms with Gasteiger partial charge < -0.3 is 10.6 Å². The van der Waals surface area contributed by atoms with Crippen molar-refractivity contribution in [2.24, 2.45) is 0 Å². The Balaban J connectivity index is 1.86. The van der Waals surface area contributed by atoms with Gasteiger partial charge in [0.15, 0.2) is 0 Å². The Morgan fingerprint density at radius 2 is 1.83 bits per heavy atom. The van der Waals surface area contributed by atoms with Gasteiger partial charge in [-0.15, -0.1) is 0 Å². The summed E-state index contributed by atoms with van der Waals surface area (Å²) in [6.45, 7) is 1.55. The molecule has 0 aliphatic carbocycles. The van der Waals surface area contributed by atoms with Crippen molar-refractivity contribution in [3.8, 4) is 6.07 Å². The molecule has 0 bridgehead atoms. The monoisotopic (exact) mass is 397 g/mol. The van der Waals surface area contributed by atoms with Gasteiger partial charge in [-0.25, -0.2) is 9.97 Å². The standard InChI is InChI=1S/C20H14F3N5O/c1-12-25-17(10-18(26-12)27-14-6-4-5-13(9-14)11-24)19(29)28-16-8-3-2-7-15(16)20(21,22)23/h2-10H,1H3,(H,28,29)(H,25,26,27). The molecule has 9 heteroatoms. The number of amides is 1. The summed E-state index contributed by atoms with van der Waals surface area (Å²) in [6.07, 6.45) is -4.61. The first-order chi connectivity index (χ1) is 13.8. The number of rotatable bonds is 4. The maximum atomic E-state index is 13.1. The van der Waals surface area contributed by atoms with Crippen LogP contribution in [0.25, 0.3) is 0 Å². The lowest BCUT2D eigenvalue weighted by molar-refractivity contribution is -0.136. The molecule has 0 atom stereocenters. The van der Waals surface area contributed by atoms with Crippen LogP contribution in [0.5, 0.6) is 0 Å². The van der Waals surface area contributed by atoms with Crippen LogP contribution in [-0.2, 0) is 6.18 Å². The topological polar surface area (TPSA) is 90.7 Å². The fourth-order valence-electron chi connectivity index (χ4n) is 2.59. The number of aromatic nitrogens is 2. The average molecular weight is 397 g/mol. The van der Waals surface area contributed by atoms with Crippen LogP contribution in [0.4, 0.5) is 30.4 Å². The predicted molar refractivity (Wildman–Crippen MR) is 101 cm³/mol. The lowest BCUT2D eigenvalue weighted by Crippen LogP contribution is -2.18. The summed E-state index contributed by atoms with van der Waals surface area (Å²) in [4.78, 5) is 20.7. The molecule has 1 heterocycles. The molecule has 1 amide bonds. The Hall–Kier alpha value is -3.93. The molecule has 0 unspecified atom stereocenters. The van der Waals surface area contributed by atoms with E-state index in [9.17, 15) is 18.0 Å². The molecule has 3 aromatic rings. The highest BCUT2D eigenvalue weighted by Crippen LogP contribution is 2.34. The van der Waals surface area contributed by atoms with E-state index in [0.717, 1.165) is 6.07 Å². The Morgan fingerprint density at radius 3 is 2.55 bits per heavy atom. The number of carbonyl (C=O) groups excluding carboxylic acids is 1. The lowest BCUT2D eigenvalue weighted by atomic mass is 10.1. The summed E-state index contributed by atoms with van der Waals surface area (Å²) in [7, 11) is 0. The van der Waals surface area contributed by atoms with Crippen LogP contribution < -0.4 is 10.6 Å². The van der Waals surface area contributed by atoms with Crippen molar-refractivity contribution in [2.75, 3.05) is 10.6 Å². The van der Waals surface area contributed by atoms with E-state index in [0.29, 0.717) is 11.3 Å². The molecule has 0 fully saturated rings. The van der Waals surface area contributed by atoms with Gasteiger partial charge in [-0.1, -0.05) is 18.2 Å². The van der Waals surface area contributed by atoms with Crippen LogP contribution >= 0.6 is 0 Å². The molecule has 146 valence electrons. The van der Waals surface area contributed by atoms with Crippen LogP contribution in [0, 0.1) is 18.3 Å². The highest BCUT2D eigenvalue weighted by Gasteiger charge is 2.33. The van der Waals surface area contributed by atoms with Gasteiger partial charge in [0, 0.05) is 11.8 Å². The Bertz CT molecular complexity index is 1110. The van der Waals surface area contributed by atoms with E-state index in [4.69, 9.17) is 5.26 Å². The van der Waals surface area contributed by atoms with Crippen molar-refractivity contribution in [3.63, 3.8) is 0 Å². The average Bonchev–Trinajstić information content (AvgIpc) is 2.67. The summed E-state index contributed by atoms with van der Waals surface area (Å²) in [5, 5.41) is 14.2. The normalized spacial score (nSPS) is 10.9. The fourth-order valence-corrected chi connectivity index (χ4v) is 2.59. The summed E-state index contributed by atoms with van der Waals surface area (Å²) in [5.41, 5.74) is -0.421. The van der Waals surface area contributed by atoms with E-state index < -0.39 is 17.6 Å². The van der Waals surface area contributed by atoms with Crippen LogP contribution in [0.1, 0.15) is 27.4 Å². The second-order valence-corrected chi connectivity index (χ2v) is 6.00. The minimum Gasteiger partial charge on any atom is -0.340 e. The molecule has 0 radical (unpaired) electrons. The highest BCUT2D eigenvalue weighted by molar-refractivity contribution is 6.03. The number of hydrogen-bond acceptors (Lipinski definition) is 5. The maximum Gasteiger partial charge on any atom is 0.418 e. The summed E-state index contributed by atoms with van der Waals surface area (Å²) in [6, 6.07) is 14.6. The number of para-hydroxylation sites is 1. The third-order valence-corrected chi connectivity index (χ3v) is 3.82. The fraction of sp³-hybridized carbons (Fsp3) is 0.100. The number of nitrogens with zero attached hydrogens (tertiary/aromatic N) is 3. The minimum absolute atomic E-state index is 0.103. The van der Waals surface area contributed by atoms with E-state index in [2.05, 4.69) is 20.6 Å². The van der Waals surface area contributed by atoms with E-state index >= 15 is 0 Å². The number of hydrogen-bond donors (Lipinski definition) is 2. The number of nitriles is 1.